The lowest BCUT2D eigenvalue weighted by molar-refractivity contribution is -0.127. The van der Waals surface area contributed by atoms with Gasteiger partial charge in [0.2, 0.25) is 5.13 Å². The van der Waals surface area contributed by atoms with Crippen LogP contribution in [-0.4, -0.2) is 22.2 Å². The summed E-state index contributed by atoms with van der Waals surface area (Å²) < 4.78 is 5.64. The van der Waals surface area contributed by atoms with Crippen molar-refractivity contribution < 1.29 is 9.53 Å². The Morgan fingerprint density at radius 3 is 2.76 bits per heavy atom. The summed E-state index contributed by atoms with van der Waals surface area (Å²) in [5, 5.41) is 11.3. The number of nitrogens with zero attached hydrogens (tertiary/aromatic N) is 2. The molecule has 7 heteroatoms. The Bertz CT molecular complexity index is 642. The van der Waals surface area contributed by atoms with E-state index in [0.29, 0.717) is 22.4 Å². The average molecular weight is 306 g/mol. The first-order chi connectivity index (χ1) is 9.95. The molecule has 0 aliphatic rings. The van der Waals surface area contributed by atoms with Crippen LogP contribution in [0.15, 0.2) is 18.2 Å². The van der Waals surface area contributed by atoms with E-state index >= 15 is 0 Å². The molecule has 3 N–H and O–H groups in total. The maximum atomic E-state index is 12.0. The van der Waals surface area contributed by atoms with Crippen molar-refractivity contribution in [2.24, 2.45) is 0 Å². The van der Waals surface area contributed by atoms with Crippen LogP contribution in [0.1, 0.15) is 23.1 Å². The van der Waals surface area contributed by atoms with E-state index < -0.39 is 6.10 Å². The largest absolute Gasteiger partial charge is 0.481 e. The molecule has 0 aliphatic heterocycles. The van der Waals surface area contributed by atoms with Gasteiger partial charge in [-0.25, -0.2) is 0 Å². The molecule has 1 aromatic heterocycles. The van der Waals surface area contributed by atoms with Gasteiger partial charge in [0.15, 0.2) is 6.10 Å². The number of aryl methyl sites for hydroxylation is 2. The van der Waals surface area contributed by atoms with Crippen LogP contribution < -0.4 is 15.8 Å². The first kappa shape index (κ1) is 15.2. The van der Waals surface area contributed by atoms with Gasteiger partial charge in [-0.1, -0.05) is 17.4 Å². The molecule has 1 aromatic carbocycles. The van der Waals surface area contributed by atoms with Crippen LogP contribution >= 0.6 is 11.3 Å². The maximum absolute atomic E-state index is 12.0. The lowest BCUT2D eigenvalue weighted by Gasteiger charge is -2.15. The predicted octanol–water partition coefficient (Wildman–Crippen LogP) is 1.82. The molecule has 21 heavy (non-hydrogen) atoms. The summed E-state index contributed by atoms with van der Waals surface area (Å²) in [5.41, 5.74) is 7.80. The molecule has 0 fully saturated rings. The van der Waals surface area contributed by atoms with Gasteiger partial charge in [-0.2, -0.15) is 0 Å². The lowest BCUT2D eigenvalue weighted by atomic mass is 10.1. The Kier molecular flexibility index (Phi) is 4.74. The molecule has 1 atom stereocenters. The number of anilines is 1. The van der Waals surface area contributed by atoms with E-state index in [1.165, 1.54) is 16.9 Å². The third-order valence-electron chi connectivity index (χ3n) is 3.06. The van der Waals surface area contributed by atoms with Crippen molar-refractivity contribution in [1.82, 2.24) is 15.5 Å². The van der Waals surface area contributed by atoms with Crippen LogP contribution in [0.3, 0.4) is 0 Å². The van der Waals surface area contributed by atoms with Gasteiger partial charge in [-0.15, -0.1) is 10.2 Å². The number of rotatable bonds is 5. The number of nitrogens with two attached hydrogens (primary N) is 1. The minimum absolute atomic E-state index is 0.206. The number of aromatic nitrogens is 2. The Labute approximate surface area is 127 Å². The number of hydrogen-bond acceptors (Lipinski definition) is 6. The molecule has 2 aromatic rings. The standard InChI is InChI=1S/C14H18N4O2S/c1-8-4-5-11(6-9(8)2)20-10(3)13(19)16-7-12-17-18-14(15)21-12/h4-6,10H,7H2,1-3H3,(H2,15,18)(H,16,19)/t10-/m1/s1. The number of nitrogen functional groups attached to an aromatic ring is 1. The van der Waals surface area contributed by atoms with Crippen LogP contribution in [0.25, 0.3) is 0 Å². The van der Waals surface area contributed by atoms with Crippen LogP contribution in [-0.2, 0) is 11.3 Å². The third kappa shape index (κ3) is 4.16. The van der Waals surface area contributed by atoms with Crippen molar-refractivity contribution in [3.63, 3.8) is 0 Å². The van der Waals surface area contributed by atoms with E-state index in [2.05, 4.69) is 15.5 Å². The molecule has 0 saturated carbocycles. The molecule has 0 saturated heterocycles. The van der Waals surface area contributed by atoms with Crippen LogP contribution in [0, 0.1) is 13.8 Å². The average Bonchev–Trinajstić information content (AvgIpc) is 2.86. The highest BCUT2D eigenvalue weighted by atomic mass is 32.1. The summed E-state index contributed by atoms with van der Waals surface area (Å²) in [7, 11) is 0. The van der Waals surface area contributed by atoms with Crippen LogP contribution in [0.4, 0.5) is 5.13 Å². The topological polar surface area (TPSA) is 90.1 Å². The summed E-state index contributed by atoms with van der Waals surface area (Å²) in [6.45, 7) is 6.04. The second-order valence-corrected chi connectivity index (χ2v) is 5.85. The molecule has 0 spiro atoms. The highest BCUT2D eigenvalue weighted by Crippen LogP contribution is 2.18. The first-order valence-electron chi connectivity index (χ1n) is 6.55. The number of carbonyl (C=O) groups excluding carboxylic acids is 1. The quantitative estimate of drug-likeness (QED) is 0.879. The van der Waals surface area contributed by atoms with E-state index in [9.17, 15) is 4.79 Å². The number of benzene rings is 1. The molecular formula is C14H18N4O2S. The molecule has 1 heterocycles. The van der Waals surface area contributed by atoms with Crippen molar-refractivity contribution >= 4 is 22.4 Å². The smallest absolute Gasteiger partial charge is 0.261 e. The minimum atomic E-state index is -0.586. The van der Waals surface area contributed by atoms with Crippen LogP contribution in [0.2, 0.25) is 0 Å². The number of hydrogen-bond donors (Lipinski definition) is 2. The molecule has 0 bridgehead atoms. The zero-order valence-electron chi connectivity index (χ0n) is 12.2. The Morgan fingerprint density at radius 1 is 1.38 bits per heavy atom. The Hall–Kier alpha value is -2.15. The fraction of sp³-hybridized carbons (Fsp3) is 0.357. The van der Waals surface area contributed by atoms with E-state index in [1.54, 1.807) is 6.92 Å². The second kappa shape index (κ2) is 6.53. The van der Waals surface area contributed by atoms with Gasteiger partial charge in [-0.3, -0.25) is 4.79 Å². The highest BCUT2D eigenvalue weighted by molar-refractivity contribution is 7.15. The van der Waals surface area contributed by atoms with Gasteiger partial charge in [-0.05, 0) is 44.0 Å². The van der Waals surface area contributed by atoms with Gasteiger partial charge < -0.3 is 15.8 Å². The Balaban J connectivity index is 1.88. The zero-order valence-corrected chi connectivity index (χ0v) is 13.0. The molecule has 2 rings (SSSR count). The molecule has 6 nitrogen and oxygen atoms in total. The van der Waals surface area contributed by atoms with Crippen molar-refractivity contribution in [2.75, 3.05) is 5.73 Å². The molecular weight excluding hydrogens is 288 g/mol. The maximum Gasteiger partial charge on any atom is 0.261 e. The van der Waals surface area contributed by atoms with E-state index in [1.807, 2.05) is 32.0 Å². The first-order valence-corrected chi connectivity index (χ1v) is 7.37. The normalized spacial score (nSPS) is 12.0. The fourth-order valence-corrected chi connectivity index (χ4v) is 2.24. The fourth-order valence-electron chi connectivity index (χ4n) is 1.69. The Morgan fingerprint density at radius 2 is 2.14 bits per heavy atom. The predicted molar refractivity (Wildman–Crippen MR) is 82.2 cm³/mol. The molecule has 112 valence electrons. The molecule has 0 aliphatic carbocycles. The van der Waals surface area contributed by atoms with E-state index in [0.717, 1.165) is 5.56 Å². The number of carbonyl (C=O) groups is 1. The number of ether oxygens (including phenoxy) is 1. The van der Waals surface area contributed by atoms with E-state index in [4.69, 9.17) is 10.5 Å². The van der Waals surface area contributed by atoms with Crippen molar-refractivity contribution in [1.29, 1.82) is 0 Å². The molecule has 0 radical (unpaired) electrons. The van der Waals surface area contributed by atoms with Crippen molar-refractivity contribution in [2.45, 2.75) is 33.4 Å². The highest BCUT2D eigenvalue weighted by Gasteiger charge is 2.15. The van der Waals surface area contributed by atoms with Gasteiger partial charge in [0.25, 0.3) is 5.91 Å². The number of nitrogens with one attached hydrogen (secondary N) is 1. The zero-order chi connectivity index (χ0) is 15.4. The van der Waals surface area contributed by atoms with Gasteiger partial charge in [0.05, 0.1) is 6.54 Å². The third-order valence-corrected chi connectivity index (χ3v) is 3.81. The number of amides is 1. The summed E-state index contributed by atoms with van der Waals surface area (Å²) in [6, 6.07) is 5.75. The van der Waals surface area contributed by atoms with Gasteiger partial charge >= 0.3 is 0 Å². The molecule has 1 amide bonds. The summed E-state index contributed by atoms with van der Waals surface area (Å²) in [4.78, 5) is 12.0. The lowest BCUT2D eigenvalue weighted by Crippen LogP contribution is -2.35. The van der Waals surface area contributed by atoms with Crippen molar-refractivity contribution in [3.05, 3.63) is 34.3 Å². The molecule has 0 unspecified atom stereocenters. The second-order valence-electron chi connectivity index (χ2n) is 4.76. The van der Waals surface area contributed by atoms with E-state index in [-0.39, 0.29) is 5.91 Å². The van der Waals surface area contributed by atoms with Crippen LogP contribution in [0.5, 0.6) is 5.75 Å². The minimum Gasteiger partial charge on any atom is -0.481 e. The van der Waals surface area contributed by atoms with Crippen molar-refractivity contribution in [3.8, 4) is 5.75 Å². The van der Waals surface area contributed by atoms with Gasteiger partial charge in [0.1, 0.15) is 10.8 Å². The summed E-state index contributed by atoms with van der Waals surface area (Å²) in [5.74, 6) is 0.475. The SMILES string of the molecule is Cc1ccc(O[C@H](C)C(=O)NCc2nnc(N)s2)cc1C. The summed E-state index contributed by atoms with van der Waals surface area (Å²) in [6.07, 6.45) is -0.586. The summed E-state index contributed by atoms with van der Waals surface area (Å²) >= 11 is 1.25. The van der Waals surface area contributed by atoms with Gasteiger partial charge in [0, 0.05) is 0 Å². The monoisotopic (exact) mass is 306 g/mol.